The second-order valence-electron chi connectivity index (χ2n) is 4.75. The third-order valence-electron chi connectivity index (χ3n) is 3.39. The van der Waals surface area contributed by atoms with Crippen LogP contribution in [0.3, 0.4) is 0 Å². The largest absolute Gasteiger partial charge is 0.481 e. The fourth-order valence-corrected chi connectivity index (χ4v) is 4.02. The van der Waals surface area contributed by atoms with E-state index in [1.165, 1.54) is 10.5 Å². The lowest BCUT2D eigenvalue weighted by Gasteiger charge is -2.21. The van der Waals surface area contributed by atoms with Crippen molar-refractivity contribution < 1.29 is 18.3 Å². The number of imidazole rings is 1. The monoisotopic (exact) mass is 287 g/mol. The van der Waals surface area contributed by atoms with Crippen LogP contribution in [-0.4, -0.2) is 45.9 Å². The van der Waals surface area contributed by atoms with Gasteiger partial charge in [-0.15, -0.1) is 0 Å². The molecule has 19 heavy (non-hydrogen) atoms. The molecule has 0 aliphatic carbocycles. The molecule has 1 N–H and O–H groups in total. The van der Waals surface area contributed by atoms with E-state index in [1.54, 1.807) is 18.5 Å². The Morgan fingerprint density at radius 3 is 2.79 bits per heavy atom. The van der Waals surface area contributed by atoms with Gasteiger partial charge in [0.25, 0.3) is 10.0 Å². The molecule has 2 heterocycles. The summed E-state index contributed by atoms with van der Waals surface area (Å²) >= 11 is 0. The summed E-state index contributed by atoms with van der Waals surface area (Å²) in [4.78, 5) is 14.8. The Balaban J connectivity index is 2.30. The van der Waals surface area contributed by atoms with Crippen molar-refractivity contribution in [2.45, 2.75) is 37.3 Å². The smallest absolute Gasteiger partial charge is 0.304 e. The van der Waals surface area contributed by atoms with Crippen LogP contribution in [0.4, 0.5) is 0 Å². The predicted molar refractivity (Wildman–Crippen MR) is 67.1 cm³/mol. The zero-order chi connectivity index (χ0) is 14.2. The summed E-state index contributed by atoms with van der Waals surface area (Å²) < 4.78 is 27.8. The van der Waals surface area contributed by atoms with Crippen LogP contribution in [0, 0.1) is 6.92 Å². The first-order valence-electron chi connectivity index (χ1n) is 6.06. The van der Waals surface area contributed by atoms with E-state index in [1.807, 2.05) is 0 Å². The minimum atomic E-state index is -3.70. The van der Waals surface area contributed by atoms with Gasteiger partial charge in [0.05, 0.1) is 6.42 Å². The van der Waals surface area contributed by atoms with Crippen molar-refractivity contribution in [2.24, 2.45) is 7.05 Å². The molecule has 0 bridgehead atoms. The van der Waals surface area contributed by atoms with Gasteiger partial charge in [-0.3, -0.25) is 4.79 Å². The quantitative estimate of drug-likeness (QED) is 0.863. The van der Waals surface area contributed by atoms with Crippen LogP contribution in [0.15, 0.2) is 11.2 Å². The molecule has 1 aromatic heterocycles. The van der Waals surface area contributed by atoms with E-state index >= 15 is 0 Å². The highest BCUT2D eigenvalue weighted by Crippen LogP contribution is 2.27. The molecule has 106 valence electrons. The average molecular weight is 287 g/mol. The van der Waals surface area contributed by atoms with Gasteiger partial charge in [-0.25, -0.2) is 13.4 Å². The van der Waals surface area contributed by atoms with Crippen LogP contribution in [0.1, 0.15) is 25.1 Å². The van der Waals surface area contributed by atoms with Gasteiger partial charge in [-0.2, -0.15) is 4.31 Å². The fraction of sp³-hybridized carbons (Fsp3) is 0.636. The second-order valence-corrected chi connectivity index (χ2v) is 6.58. The molecule has 1 aliphatic rings. The van der Waals surface area contributed by atoms with Gasteiger partial charge in [-0.1, -0.05) is 0 Å². The number of rotatable bonds is 4. The van der Waals surface area contributed by atoms with Gasteiger partial charge < -0.3 is 9.67 Å². The van der Waals surface area contributed by atoms with Crippen LogP contribution >= 0.6 is 0 Å². The van der Waals surface area contributed by atoms with Crippen molar-refractivity contribution in [3.63, 3.8) is 0 Å². The number of carboxylic acid groups (broad SMARTS) is 1. The molecule has 0 saturated carbocycles. The maximum Gasteiger partial charge on any atom is 0.304 e. The van der Waals surface area contributed by atoms with Crippen LogP contribution in [0.25, 0.3) is 0 Å². The minimum absolute atomic E-state index is 0.00945. The lowest BCUT2D eigenvalue weighted by molar-refractivity contribution is -0.137. The van der Waals surface area contributed by atoms with Crippen LogP contribution in [-0.2, 0) is 21.9 Å². The lowest BCUT2D eigenvalue weighted by Crippen LogP contribution is -2.37. The van der Waals surface area contributed by atoms with Gasteiger partial charge in [0.1, 0.15) is 5.82 Å². The zero-order valence-corrected chi connectivity index (χ0v) is 11.7. The van der Waals surface area contributed by atoms with Crippen LogP contribution in [0.2, 0.25) is 0 Å². The Labute approximate surface area is 111 Å². The van der Waals surface area contributed by atoms with Crippen LogP contribution in [0.5, 0.6) is 0 Å². The first kappa shape index (κ1) is 14.0. The second kappa shape index (κ2) is 4.93. The summed E-state index contributed by atoms with van der Waals surface area (Å²) in [5.74, 6) is -0.378. The molecule has 1 fully saturated rings. The molecule has 0 radical (unpaired) electrons. The molecule has 1 aromatic rings. The fourth-order valence-electron chi connectivity index (χ4n) is 2.30. The molecule has 2 rings (SSSR count). The summed E-state index contributed by atoms with van der Waals surface area (Å²) in [7, 11) is -1.97. The van der Waals surface area contributed by atoms with E-state index in [9.17, 15) is 13.2 Å². The number of carboxylic acids is 1. The molecular weight excluding hydrogens is 270 g/mol. The lowest BCUT2D eigenvalue weighted by atomic mass is 10.2. The van der Waals surface area contributed by atoms with Crippen LogP contribution < -0.4 is 0 Å². The van der Waals surface area contributed by atoms with Gasteiger partial charge in [0.2, 0.25) is 0 Å². The molecule has 8 heteroatoms. The van der Waals surface area contributed by atoms with Crippen molar-refractivity contribution in [2.75, 3.05) is 6.54 Å². The Bertz CT molecular complexity index is 574. The first-order chi connectivity index (χ1) is 8.82. The van der Waals surface area contributed by atoms with Gasteiger partial charge in [0.15, 0.2) is 5.03 Å². The van der Waals surface area contributed by atoms with E-state index in [0.717, 1.165) is 0 Å². The van der Waals surface area contributed by atoms with Gasteiger partial charge in [-0.05, 0) is 19.8 Å². The number of carbonyl (C=O) groups is 1. The molecule has 1 aliphatic heterocycles. The number of aryl methyl sites for hydroxylation is 2. The molecular formula is C11H17N3O4S. The molecule has 7 nitrogen and oxygen atoms in total. The molecule has 1 atom stereocenters. The van der Waals surface area contributed by atoms with Crippen molar-refractivity contribution in [1.82, 2.24) is 13.9 Å². The summed E-state index contributed by atoms with van der Waals surface area (Å²) in [5, 5.41) is 8.83. The standard InChI is InChI=1S/C11H17N3O4S/c1-8-12-10(7-13(8)2)19(17,18)14-5-3-4-9(14)6-11(15)16/h7,9H,3-6H2,1-2H3,(H,15,16). The Morgan fingerprint density at radius 2 is 2.26 bits per heavy atom. The van der Waals surface area contributed by atoms with Gasteiger partial charge >= 0.3 is 5.97 Å². The van der Waals surface area contributed by atoms with E-state index < -0.39 is 22.0 Å². The molecule has 1 saturated heterocycles. The SMILES string of the molecule is Cc1nc(S(=O)(=O)N2CCCC2CC(=O)O)cn1C. The van der Waals surface area contributed by atoms with E-state index in [2.05, 4.69) is 4.98 Å². The number of hydrogen-bond donors (Lipinski definition) is 1. The minimum Gasteiger partial charge on any atom is -0.481 e. The van der Waals surface area contributed by atoms with Crippen molar-refractivity contribution in [3.8, 4) is 0 Å². The maximum atomic E-state index is 12.4. The van der Waals surface area contributed by atoms with E-state index in [4.69, 9.17) is 5.11 Å². The Kier molecular flexibility index (Phi) is 3.64. The number of sulfonamides is 1. The van der Waals surface area contributed by atoms with E-state index in [0.29, 0.717) is 25.2 Å². The normalized spacial score (nSPS) is 20.8. The Morgan fingerprint density at radius 1 is 1.58 bits per heavy atom. The van der Waals surface area contributed by atoms with Crippen molar-refractivity contribution in [1.29, 1.82) is 0 Å². The van der Waals surface area contributed by atoms with E-state index in [-0.39, 0.29) is 11.4 Å². The number of hydrogen-bond acceptors (Lipinski definition) is 4. The van der Waals surface area contributed by atoms with Crippen molar-refractivity contribution in [3.05, 3.63) is 12.0 Å². The molecule has 1 unspecified atom stereocenters. The highest BCUT2D eigenvalue weighted by atomic mass is 32.2. The number of aliphatic carboxylic acids is 1. The summed E-state index contributed by atoms with van der Waals surface area (Å²) in [5.41, 5.74) is 0. The molecule has 0 aromatic carbocycles. The predicted octanol–water partition coefficient (Wildman–Crippen LogP) is 0.356. The third kappa shape index (κ3) is 2.64. The summed E-state index contributed by atoms with van der Waals surface area (Å²) in [6.45, 7) is 2.08. The Hall–Kier alpha value is -1.41. The maximum absolute atomic E-state index is 12.4. The average Bonchev–Trinajstić information content (AvgIpc) is 2.87. The summed E-state index contributed by atoms with van der Waals surface area (Å²) in [6, 6.07) is -0.468. The topological polar surface area (TPSA) is 92.5 Å². The third-order valence-corrected chi connectivity index (χ3v) is 5.22. The zero-order valence-electron chi connectivity index (χ0n) is 10.9. The first-order valence-corrected chi connectivity index (χ1v) is 7.50. The highest BCUT2D eigenvalue weighted by Gasteiger charge is 2.37. The highest BCUT2D eigenvalue weighted by molar-refractivity contribution is 7.89. The van der Waals surface area contributed by atoms with Gasteiger partial charge in [0, 0.05) is 25.8 Å². The number of aromatic nitrogens is 2. The van der Waals surface area contributed by atoms with Crippen molar-refractivity contribution >= 4 is 16.0 Å². The molecule has 0 amide bonds. The number of nitrogens with zero attached hydrogens (tertiary/aromatic N) is 3. The molecule has 0 spiro atoms. The summed E-state index contributed by atoms with van der Waals surface area (Å²) in [6.07, 6.45) is 2.56.